The van der Waals surface area contributed by atoms with Crippen LogP contribution in [0.25, 0.3) is 0 Å². The number of carboxylic acids is 1. The van der Waals surface area contributed by atoms with Gasteiger partial charge in [0.2, 0.25) is 5.88 Å². The zero-order valence-electron chi connectivity index (χ0n) is 14.7. The normalized spacial score (nSPS) is 20.2. The second-order valence-electron chi connectivity index (χ2n) is 7.48. The van der Waals surface area contributed by atoms with E-state index in [0.29, 0.717) is 18.4 Å². The number of ether oxygens (including phenoxy) is 2. The summed E-state index contributed by atoms with van der Waals surface area (Å²) in [7, 11) is 0. The van der Waals surface area contributed by atoms with Crippen molar-refractivity contribution >= 4 is 5.97 Å². The van der Waals surface area contributed by atoms with Crippen molar-refractivity contribution in [2.75, 3.05) is 13.2 Å². The smallest absolute Gasteiger partial charge is 0.354 e. The van der Waals surface area contributed by atoms with Gasteiger partial charge in [0, 0.05) is 17.7 Å². The van der Waals surface area contributed by atoms with Gasteiger partial charge in [-0.15, -0.1) is 0 Å². The Morgan fingerprint density at radius 1 is 1.38 bits per heavy atom. The Labute approximate surface area is 143 Å². The summed E-state index contributed by atoms with van der Waals surface area (Å²) in [4.78, 5) is 15.1. The number of hydrogen-bond donors (Lipinski definition) is 2. The van der Waals surface area contributed by atoms with Crippen molar-refractivity contribution < 1.29 is 19.4 Å². The summed E-state index contributed by atoms with van der Waals surface area (Å²) in [6.07, 6.45) is 4.43. The summed E-state index contributed by atoms with van der Waals surface area (Å²) < 4.78 is 11.2. The van der Waals surface area contributed by atoms with E-state index < -0.39 is 5.97 Å². The van der Waals surface area contributed by atoms with Gasteiger partial charge in [0.1, 0.15) is 6.61 Å². The monoisotopic (exact) mass is 336 g/mol. The maximum Gasteiger partial charge on any atom is 0.354 e. The fraction of sp³-hybridized carbons (Fsp3) is 0.667. The summed E-state index contributed by atoms with van der Waals surface area (Å²) in [6.45, 7) is 7.13. The fourth-order valence-corrected chi connectivity index (χ4v) is 2.34. The van der Waals surface area contributed by atoms with Crippen LogP contribution in [0.15, 0.2) is 12.1 Å². The molecule has 2 aliphatic rings. The van der Waals surface area contributed by atoms with Gasteiger partial charge in [-0.05, 0) is 58.4 Å². The van der Waals surface area contributed by atoms with Gasteiger partial charge in [-0.1, -0.05) is 6.07 Å². The Hall–Kier alpha value is -1.66. The maximum absolute atomic E-state index is 11.0. The molecule has 2 heterocycles. The van der Waals surface area contributed by atoms with E-state index >= 15 is 0 Å². The molecule has 1 aliphatic carbocycles. The van der Waals surface area contributed by atoms with E-state index in [1.807, 2.05) is 26.8 Å². The summed E-state index contributed by atoms with van der Waals surface area (Å²) >= 11 is 0. The summed E-state index contributed by atoms with van der Waals surface area (Å²) in [5, 5.41) is 8.99. The molecule has 0 spiro atoms. The average molecular weight is 336 g/mol. The van der Waals surface area contributed by atoms with Crippen LogP contribution in [-0.2, 0) is 4.74 Å². The highest BCUT2D eigenvalue weighted by molar-refractivity contribution is 5.85. The molecule has 1 saturated heterocycles. The summed E-state index contributed by atoms with van der Waals surface area (Å²) in [5.41, 5.74) is 6.42. The molecule has 1 aliphatic heterocycles. The fourth-order valence-electron chi connectivity index (χ4n) is 2.34. The lowest BCUT2D eigenvalue weighted by Crippen LogP contribution is -2.26. The highest BCUT2D eigenvalue weighted by Gasteiger charge is 2.29. The highest BCUT2D eigenvalue weighted by Crippen LogP contribution is 2.43. The number of aromatic nitrogens is 1. The number of pyridine rings is 1. The van der Waals surface area contributed by atoms with Crippen molar-refractivity contribution in [3.63, 3.8) is 0 Å². The van der Waals surface area contributed by atoms with Crippen LogP contribution in [0.4, 0.5) is 0 Å². The molecule has 1 aromatic heterocycles. The van der Waals surface area contributed by atoms with Gasteiger partial charge in [-0.25, -0.2) is 9.78 Å². The molecule has 1 aromatic rings. The molecule has 1 saturated carbocycles. The second kappa shape index (κ2) is 7.94. The average Bonchev–Trinajstić information content (AvgIpc) is 3.19. The van der Waals surface area contributed by atoms with Crippen molar-refractivity contribution in [1.82, 2.24) is 4.98 Å². The first-order chi connectivity index (χ1) is 11.2. The van der Waals surface area contributed by atoms with Crippen LogP contribution in [0, 0.1) is 0 Å². The molecule has 6 heteroatoms. The zero-order chi connectivity index (χ0) is 17.7. The Morgan fingerprint density at radius 2 is 2.04 bits per heavy atom. The van der Waals surface area contributed by atoms with Crippen LogP contribution in [-0.4, -0.2) is 40.9 Å². The van der Waals surface area contributed by atoms with Gasteiger partial charge in [-0.3, -0.25) is 0 Å². The Morgan fingerprint density at radius 3 is 2.54 bits per heavy atom. The van der Waals surface area contributed by atoms with Crippen LogP contribution in [0.5, 0.6) is 5.88 Å². The lowest BCUT2D eigenvalue weighted by Gasteiger charge is -2.14. The van der Waals surface area contributed by atoms with Gasteiger partial charge in [-0.2, -0.15) is 0 Å². The van der Waals surface area contributed by atoms with Crippen LogP contribution < -0.4 is 10.5 Å². The Kier molecular flexibility index (Phi) is 6.18. The largest absolute Gasteiger partial charge is 0.477 e. The van der Waals surface area contributed by atoms with E-state index in [1.54, 1.807) is 6.07 Å². The number of nitrogens with two attached hydrogens (primary N) is 1. The zero-order valence-corrected chi connectivity index (χ0v) is 14.7. The van der Waals surface area contributed by atoms with E-state index in [0.717, 1.165) is 37.9 Å². The summed E-state index contributed by atoms with van der Waals surface area (Å²) in [6, 6.07) is 3.38. The third kappa shape index (κ3) is 6.45. The first kappa shape index (κ1) is 18.7. The number of nitrogens with zero attached hydrogens (tertiary/aromatic N) is 1. The van der Waals surface area contributed by atoms with Crippen molar-refractivity contribution in [3.8, 4) is 5.88 Å². The third-order valence-corrected chi connectivity index (χ3v) is 3.56. The van der Waals surface area contributed by atoms with E-state index in [2.05, 4.69) is 4.98 Å². The summed E-state index contributed by atoms with van der Waals surface area (Å²) in [5.74, 6) is -0.0722. The molecule has 1 unspecified atom stereocenters. The number of aromatic carboxylic acids is 1. The van der Waals surface area contributed by atoms with Crippen LogP contribution >= 0.6 is 0 Å². The highest BCUT2D eigenvalue weighted by atomic mass is 16.5. The topological polar surface area (TPSA) is 94.7 Å². The van der Waals surface area contributed by atoms with Gasteiger partial charge < -0.3 is 20.3 Å². The van der Waals surface area contributed by atoms with E-state index in [1.165, 1.54) is 0 Å². The van der Waals surface area contributed by atoms with Crippen molar-refractivity contribution in [2.45, 2.75) is 64.0 Å². The van der Waals surface area contributed by atoms with E-state index in [4.69, 9.17) is 20.3 Å². The van der Waals surface area contributed by atoms with Crippen molar-refractivity contribution in [1.29, 1.82) is 0 Å². The molecule has 3 rings (SSSR count). The number of hydrogen-bond acceptors (Lipinski definition) is 5. The molecule has 0 amide bonds. The third-order valence-electron chi connectivity index (χ3n) is 3.56. The van der Waals surface area contributed by atoms with Crippen molar-refractivity contribution in [2.24, 2.45) is 5.73 Å². The number of rotatable bonds is 5. The second-order valence-corrected chi connectivity index (χ2v) is 7.48. The van der Waals surface area contributed by atoms with Gasteiger partial charge in [0.25, 0.3) is 0 Å². The molecule has 0 bridgehead atoms. The molecule has 2 fully saturated rings. The van der Waals surface area contributed by atoms with Crippen LogP contribution in [0.1, 0.15) is 68.4 Å². The molecule has 6 nitrogen and oxygen atoms in total. The minimum atomic E-state index is -1.02. The van der Waals surface area contributed by atoms with Gasteiger partial charge in [0.15, 0.2) is 5.69 Å². The number of carboxylic acid groups (broad SMARTS) is 1. The standard InChI is InChI=1S/C14H17NO4.C4H11N/c16-14(17)12-6-5-11(9-3-4-9)13(15-12)19-8-10-2-1-7-18-10;1-4(2,3)5/h5-6,9-10H,1-4,7-8H2,(H,16,17);5H2,1-3H3. The van der Waals surface area contributed by atoms with Crippen molar-refractivity contribution in [3.05, 3.63) is 23.4 Å². The predicted octanol–water partition coefficient (Wildman–Crippen LogP) is 2.96. The first-order valence-corrected chi connectivity index (χ1v) is 8.51. The molecule has 1 atom stereocenters. The van der Waals surface area contributed by atoms with E-state index in [9.17, 15) is 4.79 Å². The Bertz CT molecular complexity index is 553. The quantitative estimate of drug-likeness (QED) is 0.858. The molecule has 0 aromatic carbocycles. The molecule has 3 N–H and O–H groups in total. The van der Waals surface area contributed by atoms with Crippen LogP contribution in [0.3, 0.4) is 0 Å². The maximum atomic E-state index is 11.0. The lowest BCUT2D eigenvalue weighted by atomic mass is 10.1. The first-order valence-electron chi connectivity index (χ1n) is 8.51. The Balaban J connectivity index is 0.000000368. The minimum absolute atomic E-state index is 0. The molecule has 0 radical (unpaired) electrons. The number of carbonyl (C=O) groups is 1. The lowest BCUT2D eigenvalue weighted by molar-refractivity contribution is 0.0646. The minimum Gasteiger partial charge on any atom is -0.477 e. The molecule has 134 valence electrons. The molecule has 24 heavy (non-hydrogen) atoms. The van der Waals surface area contributed by atoms with E-state index in [-0.39, 0.29) is 17.3 Å². The SMILES string of the molecule is CC(C)(C)N.O=C(O)c1ccc(C2CC2)c(OCC2CCCO2)n1. The molecular weight excluding hydrogens is 308 g/mol. The molecular formula is C18H28N2O4. The van der Waals surface area contributed by atoms with Gasteiger partial charge >= 0.3 is 5.97 Å². The predicted molar refractivity (Wildman–Crippen MR) is 91.6 cm³/mol. The van der Waals surface area contributed by atoms with Gasteiger partial charge in [0.05, 0.1) is 6.10 Å². The van der Waals surface area contributed by atoms with Crippen LogP contribution in [0.2, 0.25) is 0 Å².